The molecule has 2 amide bonds. The molecule has 0 heterocycles. The van der Waals surface area contributed by atoms with Crippen molar-refractivity contribution < 1.29 is 14.0 Å². The van der Waals surface area contributed by atoms with Crippen LogP contribution in [0.25, 0.3) is 0 Å². The molecule has 0 aliphatic carbocycles. The molecular formula is C17H17ClFN3O2. The molecule has 0 aliphatic heterocycles. The van der Waals surface area contributed by atoms with E-state index in [0.717, 1.165) is 6.07 Å². The summed E-state index contributed by atoms with van der Waals surface area (Å²) >= 11 is 5.68. The van der Waals surface area contributed by atoms with Crippen molar-refractivity contribution in [2.75, 3.05) is 17.7 Å². The van der Waals surface area contributed by atoms with Crippen molar-refractivity contribution >= 4 is 34.8 Å². The smallest absolute Gasteiger partial charge is 0.251 e. The van der Waals surface area contributed by atoms with Gasteiger partial charge in [-0.05, 0) is 43.3 Å². The third-order valence-corrected chi connectivity index (χ3v) is 3.55. The van der Waals surface area contributed by atoms with E-state index in [4.69, 9.17) is 11.6 Å². The molecule has 7 heteroatoms. The van der Waals surface area contributed by atoms with Crippen LogP contribution >= 0.6 is 11.6 Å². The van der Waals surface area contributed by atoms with Crippen LogP contribution in [0.3, 0.4) is 0 Å². The van der Waals surface area contributed by atoms with E-state index in [1.165, 1.54) is 12.1 Å². The molecule has 1 unspecified atom stereocenters. The van der Waals surface area contributed by atoms with E-state index in [1.54, 1.807) is 38.2 Å². The van der Waals surface area contributed by atoms with Crippen LogP contribution in [0.5, 0.6) is 0 Å². The first-order chi connectivity index (χ1) is 11.4. The third kappa shape index (κ3) is 4.45. The SMILES string of the molecule is CNC(=O)c1cccc(NC(C)C(=O)Nc2ccc(Cl)cc2F)c1. The first-order valence-electron chi connectivity index (χ1n) is 7.25. The van der Waals surface area contributed by atoms with Crippen LogP contribution in [0.4, 0.5) is 15.8 Å². The van der Waals surface area contributed by atoms with E-state index in [2.05, 4.69) is 16.0 Å². The van der Waals surface area contributed by atoms with Gasteiger partial charge in [-0.2, -0.15) is 0 Å². The number of carbonyl (C=O) groups is 2. The Morgan fingerprint density at radius 3 is 2.58 bits per heavy atom. The highest BCUT2D eigenvalue weighted by molar-refractivity contribution is 6.30. The normalized spacial score (nSPS) is 11.5. The van der Waals surface area contributed by atoms with Gasteiger partial charge in [-0.25, -0.2) is 4.39 Å². The van der Waals surface area contributed by atoms with Gasteiger partial charge in [0.25, 0.3) is 5.91 Å². The maximum absolute atomic E-state index is 13.7. The van der Waals surface area contributed by atoms with Crippen molar-refractivity contribution in [2.45, 2.75) is 13.0 Å². The van der Waals surface area contributed by atoms with Crippen LogP contribution in [0.1, 0.15) is 17.3 Å². The van der Waals surface area contributed by atoms with Gasteiger partial charge in [0.1, 0.15) is 11.9 Å². The van der Waals surface area contributed by atoms with Gasteiger partial charge < -0.3 is 16.0 Å². The fourth-order valence-corrected chi connectivity index (χ4v) is 2.20. The molecular weight excluding hydrogens is 333 g/mol. The molecule has 0 saturated heterocycles. The molecule has 126 valence electrons. The Kier molecular flexibility index (Phi) is 5.76. The Morgan fingerprint density at radius 2 is 1.92 bits per heavy atom. The molecule has 2 aromatic rings. The maximum Gasteiger partial charge on any atom is 0.251 e. The van der Waals surface area contributed by atoms with Crippen molar-refractivity contribution in [2.24, 2.45) is 0 Å². The number of hydrogen-bond acceptors (Lipinski definition) is 3. The molecule has 3 N–H and O–H groups in total. The number of rotatable bonds is 5. The average Bonchev–Trinajstić information content (AvgIpc) is 2.56. The summed E-state index contributed by atoms with van der Waals surface area (Å²) in [6.07, 6.45) is 0. The van der Waals surface area contributed by atoms with Crippen LogP contribution in [0, 0.1) is 5.82 Å². The van der Waals surface area contributed by atoms with E-state index < -0.39 is 17.8 Å². The lowest BCUT2D eigenvalue weighted by molar-refractivity contribution is -0.116. The summed E-state index contributed by atoms with van der Waals surface area (Å²) in [5.41, 5.74) is 1.13. The summed E-state index contributed by atoms with van der Waals surface area (Å²) in [5, 5.41) is 8.25. The molecule has 0 spiro atoms. The molecule has 5 nitrogen and oxygen atoms in total. The van der Waals surface area contributed by atoms with Gasteiger partial charge in [0.05, 0.1) is 5.69 Å². The van der Waals surface area contributed by atoms with Crippen LogP contribution in [-0.4, -0.2) is 24.9 Å². The van der Waals surface area contributed by atoms with Crippen LogP contribution in [-0.2, 0) is 4.79 Å². The van der Waals surface area contributed by atoms with Crippen molar-refractivity contribution in [1.29, 1.82) is 0 Å². The number of hydrogen-bond donors (Lipinski definition) is 3. The highest BCUT2D eigenvalue weighted by Gasteiger charge is 2.15. The molecule has 1 atom stereocenters. The van der Waals surface area contributed by atoms with Crippen LogP contribution in [0.2, 0.25) is 5.02 Å². The van der Waals surface area contributed by atoms with Crippen molar-refractivity contribution in [1.82, 2.24) is 5.32 Å². The Balaban J connectivity index is 2.05. The zero-order chi connectivity index (χ0) is 17.7. The summed E-state index contributed by atoms with van der Waals surface area (Å²) in [5.74, 6) is -1.25. The fourth-order valence-electron chi connectivity index (χ4n) is 2.04. The first-order valence-corrected chi connectivity index (χ1v) is 7.63. The van der Waals surface area contributed by atoms with Gasteiger partial charge in [-0.15, -0.1) is 0 Å². The van der Waals surface area contributed by atoms with Gasteiger partial charge in [-0.1, -0.05) is 17.7 Å². The van der Waals surface area contributed by atoms with E-state index in [9.17, 15) is 14.0 Å². The van der Waals surface area contributed by atoms with Crippen molar-refractivity contribution in [3.63, 3.8) is 0 Å². The standard InChI is InChI=1S/C17H17ClFN3O2/c1-10(16(23)22-15-7-6-12(18)9-14(15)19)21-13-5-3-4-11(8-13)17(24)20-2/h3-10,21H,1-2H3,(H,20,24)(H,22,23). The summed E-state index contributed by atoms with van der Waals surface area (Å²) in [4.78, 5) is 23.8. The predicted octanol–water partition coefficient (Wildman–Crippen LogP) is 3.28. The minimum absolute atomic E-state index is 0.0529. The number of nitrogens with one attached hydrogen (secondary N) is 3. The summed E-state index contributed by atoms with van der Waals surface area (Å²) in [6.45, 7) is 1.63. The lowest BCUT2D eigenvalue weighted by Crippen LogP contribution is -2.32. The summed E-state index contributed by atoms with van der Waals surface area (Å²) in [6, 6.07) is 10.1. The van der Waals surface area contributed by atoms with Gasteiger partial charge in [0, 0.05) is 23.3 Å². The fraction of sp³-hybridized carbons (Fsp3) is 0.176. The van der Waals surface area contributed by atoms with Crippen molar-refractivity contribution in [3.05, 3.63) is 58.9 Å². The van der Waals surface area contributed by atoms with E-state index in [-0.39, 0.29) is 16.6 Å². The lowest BCUT2D eigenvalue weighted by Gasteiger charge is -2.16. The monoisotopic (exact) mass is 349 g/mol. The third-order valence-electron chi connectivity index (χ3n) is 3.32. The zero-order valence-corrected chi connectivity index (χ0v) is 13.9. The lowest BCUT2D eigenvalue weighted by atomic mass is 10.1. The topological polar surface area (TPSA) is 70.2 Å². The van der Waals surface area contributed by atoms with Gasteiger partial charge in [-0.3, -0.25) is 9.59 Å². The van der Waals surface area contributed by atoms with Crippen LogP contribution < -0.4 is 16.0 Å². The Labute approximate surface area is 144 Å². The Bertz CT molecular complexity index is 767. The van der Waals surface area contributed by atoms with Crippen LogP contribution in [0.15, 0.2) is 42.5 Å². The maximum atomic E-state index is 13.7. The van der Waals surface area contributed by atoms with E-state index >= 15 is 0 Å². The summed E-state index contributed by atoms with van der Waals surface area (Å²) < 4.78 is 13.7. The quantitative estimate of drug-likeness (QED) is 0.775. The van der Waals surface area contributed by atoms with E-state index in [1.807, 2.05) is 0 Å². The molecule has 0 saturated carbocycles. The molecule has 0 fully saturated rings. The number of amides is 2. The molecule has 24 heavy (non-hydrogen) atoms. The second kappa shape index (κ2) is 7.79. The minimum Gasteiger partial charge on any atom is -0.374 e. The number of carbonyl (C=O) groups excluding carboxylic acids is 2. The molecule has 2 aromatic carbocycles. The van der Waals surface area contributed by atoms with Gasteiger partial charge >= 0.3 is 0 Å². The van der Waals surface area contributed by atoms with E-state index in [0.29, 0.717) is 11.3 Å². The highest BCUT2D eigenvalue weighted by Crippen LogP contribution is 2.19. The number of anilines is 2. The van der Waals surface area contributed by atoms with Crippen molar-refractivity contribution in [3.8, 4) is 0 Å². The predicted molar refractivity (Wildman–Crippen MR) is 93.0 cm³/mol. The Morgan fingerprint density at radius 1 is 1.17 bits per heavy atom. The number of benzene rings is 2. The molecule has 0 bridgehead atoms. The average molecular weight is 350 g/mol. The molecule has 2 rings (SSSR count). The molecule has 0 radical (unpaired) electrons. The minimum atomic E-state index is -0.639. The highest BCUT2D eigenvalue weighted by atomic mass is 35.5. The largest absolute Gasteiger partial charge is 0.374 e. The second-order valence-electron chi connectivity index (χ2n) is 5.14. The zero-order valence-electron chi connectivity index (χ0n) is 13.2. The molecule has 0 aliphatic rings. The first kappa shape index (κ1) is 17.7. The van der Waals surface area contributed by atoms with Gasteiger partial charge in [0.15, 0.2) is 0 Å². The summed E-state index contributed by atoms with van der Waals surface area (Å²) in [7, 11) is 1.54. The molecule has 0 aromatic heterocycles. The number of halogens is 2. The second-order valence-corrected chi connectivity index (χ2v) is 5.58. The Hall–Kier alpha value is -2.60. The van der Waals surface area contributed by atoms with Gasteiger partial charge in [0.2, 0.25) is 5.91 Å².